The van der Waals surface area contributed by atoms with Crippen LogP contribution in [0.4, 0.5) is 8.78 Å². The van der Waals surface area contributed by atoms with Crippen molar-refractivity contribution in [1.29, 1.82) is 0 Å². The van der Waals surface area contributed by atoms with E-state index in [1.165, 1.54) is 18.2 Å². The molecule has 0 saturated carbocycles. The Labute approximate surface area is 155 Å². The number of carboxylic acids is 1. The van der Waals surface area contributed by atoms with Gasteiger partial charge < -0.3 is 5.11 Å². The molecule has 1 N–H and O–H groups in total. The van der Waals surface area contributed by atoms with Crippen molar-refractivity contribution in [2.24, 2.45) is 4.99 Å². The molecule has 138 valence electrons. The Morgan fingerprint density at radius 1 is 1.11 bits per heavy atom. The number of benzene rings is 1. The standard InChI is InChI=1S/C21H18F2N2O2/c22-20(23)15-9-7-14(8-10-15)16-4-1-2-6-18(17-5-3-11-24-13-17)25-19(12-16)21(26)27/h3,5-13,20H,1-2,4H2,(H,26,27)/b16-12?,18-6-,25-19?. The number of halogens is 2. The number of aliphatic carboxylic acids is 1. The highest BCUT2D eigenvalue weighted by atomic mass is 19.3. The Balaban J connectivity index is 2.01. The van der Waals surface area contributed by atoms with Gasteiger partial charge in [-0.25, -0.2) is 18.6 Å². The van der Waals surface area contributed by atoms with Crippen molar-refractivity contribution < 1.29 is 18.7 Å². The van der Waals surface area contributed by atoms with E-state index in [9.17, 15) is 18.7 Å². The molecule has 0 fully saturated rings. The first-order valence-corrected chi connectivity index (χ1v) is 8.56. The normalized spacial score (nSPS) is 17.1. The van der Waals surface area contributed by atoms with Crippen LogP contribution in [0.1, 0.15) is 42.4 Å². The molecule has 27 heavy (non-hydrogen) atoms. The lowest BCUT2D eigenvalue weighted by atomic mass is 9.97. The molecule has 1 aliphatic heterocycles. The van der Waals surface area contributed by atoms with Gasteiger partial charge in [-0.3, -0.25) is 4.98 Å². The average molecular weight is 368 g/mol. The molecule has 0 radical (unpaired) electrons. The second-order valence-corrected chi connectivity index (χ2v) is 6.12. The first-order valence-electron chi connectivity index (χ1n) is 8.56. The van der Waals surface area contributed by atoms with Gasteiger partial charge in [-0.15, -0.1) is 0 Å². The number of hydrogen-bond donors (Lipinski definition) is 1. The van der Waals surface area contributed by atoms with Crippen LogP contribution in [-0.4, -0.2) is 21.8 Å². The number of aliphatic imine (C=N–C) groups is 1. The summed E-state index contributed by atoms with van der Waals surface area (Å²) in [5.74, 6) is -1.15. The van der Waals surface area contributed by atoms with Gasteiger partial charge in [0.2, 0.25) is 0 Å². The highest BCUT2D eigenvalue weighted by molar-refractivity contribution is 6.42. The maximum absolute atomic E-state index is 12.8. The highest BCUT2D eigenvalue weighted by Crippen LogP contribution is 2.27. The van der Waals surface area contributed by atoms with Crippen LogP contribution in [0.2, 0.25) is 0 Å². The van der Waals surface area contributed by atoms with Crippen LogP contribution in [0.5, 0.6) is 0 Å². The Morgan fingerprint density at radius 3 is 2.52 bits per heavy atom. The summed E-state index contributed by atoms with van der Waals surface area (Å²) < 4.78 is 25.5. The van der Waals surface area contributed by atoms with Crippen molar-refractivity contribution >= 4 is 23.0 Å². The molecule has 0 unspecified atom stereocenters. The zero-order chi connectivity index (χ0) is 19.2. The molecule has 4 nitrogen and oxygen atoms in total. The lowest BCUT2D eigenvalue weighted by molar-refractivity contribution is -0.129. The molecule has 0 amide bonds. The largest absolute Gasteiger partial charge is 0.477 e. The monoisotopic (exact) mass is 368 g/mol. The van der Waals surface area contributed by atoms with Gasteiger partial charge in [-0.05, 0) is 48.6 Å². The van der Waals surface area contributed by atoms with Crippen molar-refractivity contribution in [2.75, 3.05) is 0 Å². The van der Waals surface area contributed by atoms with Crippen molar-refractivity contribution in [3.63, 3.8) is 0 Å². The number of aromatic nitrogens is 1. The highest BCUT2D eigenvalue weighted by Gasteiger charge is 2.14. The van der Waals surface area contributed by atoms with Gasteiger partial charge in [0.05, 0.1) is 5.70 Å². The van der Waals surface area contributed by atoms with E-state index >= 15 is 0 Å². The summed E-state index contributed by atoms with van der Waals surface area (Å²) >= 11 is 0. The average Bonchev–Trinajstić information content (AvgIpc) is 2.79. The van der Waals surface area contributed by atoms with Gasteiger partial charge in [0, 0.05) is 23.5 Å². The van der Waals surface area contributed by atoms with E-state index in [1.54, 1.807) is 30.6 Å². The molecule has 3 rings (SSSR count). The van der Waals surface area contributed by atoms with Crippen LogP contribution in [0.25, 0.3) is 11.3 Å². The maximum Gasteiger partial charge on any atom is 0.354 e. The third kappa shape index (κ3) is 4.73. The van der Waals surface area contributed by atoms with E-state index in [-0.39, 0.29) is 11.3 Å². The molecule has 1 aliphatic rings. The number of rotatable bonds is 4. The van der Waals surface area contributed by atoms with E-state index in [2.05, 4.69) is 9.98 Å². The summed E-state index contributed by atoms with van der Waals surface area (Å²) in [6.07, 6.45) is 6.30. The number of carboxylic acid groups (broad SMARTS) is 1. The third-order valence-electron chi connectivity index (χ3n) is 4.25. The van der Waals surface area contributed by atoms with Crippen molar-refractivity contribution in [2.45, 2.75) is 25.7 Å². The molecule has 0 saturated heterocycles. The number of nitrogens with zero attached hydrogens (tertiary/aromatic N) is 2. The number of pyridine rings is 1. The lowest BCUT2D eigenvalue weighted by Gasteiger charge is -2.08. The van der Waals surface area contributed by atoms with Gasteiger partial charge in [0.25, 0.3) is 6.43 Å². The summed E-state index contributed by atoms with van der Waals surface area (Å²) in [5.41, 5.74) is 2.63. The number of hydrogen-bond acceptors (Lipinski definition) is 3. The number of carbonyl (C=O) groups is 1. The van der Waals surface area contributed by atoms with Crippen molar-refractivity contribution in [3.05, 3.63) is 77.6 Å². The molecule has 0 atom stereocenters. The Hall–Kier alpha value is -3.15. The zero-order valence-corrected chi connectivity index (χ0v) is 14.5. The first kappa shape index (κ1) is 18.6. The summed E-state index contributed by atoms with van der Waals surface area (Å²) in [6.45, 7) is 0. The minimum Gasteiger partial charge on any atom is -0.477 e. The van der Waals surface area contributed by atoms with E-state index in [4.69, 9.17) is 0 Å². The molecule has 6 heteroatoms. The third-order valence-corrected chi connectivity index (χ3v) is 4.25. The number of allylic oxidation sites excluding steroid dienone is 2. The molecular formula is C21H18F2N2O2. The molecule has 2 aromatic rings. The quantitative estimate of drug-likeness (QED) is 0.811. The molecule has 2 heterocycles. The van der Waals surface area contributed by atoms with E-state index < -0.39 is 12.4 Å². The zero-order valence-electron chi connectivity index (χ0n) is 14.5. The summed E-state index contributed by atoms with van der Waals surface area (Å²) in [5, 5.41) is 9.58. The number of alkyl halides is 2. The van der Waals surface area contributed by atoms with Crippen LogP contribution in [0.3, 0.4) is 0 Å². The SMILES string of the molecule is O=C(O)C1=N/C(c2cccnc2)=C\CCCC(c2ccc(C(F)F)cc2)=C1. The second-order valence-electron chi connectivity index (χ2n) is 6.12. The van der Waals surface area contributed by atoms with Gasteiger partial charge in [-0.2, -0.15) is 0 Å². The predicted octanol–water partition coefficient (Wildman–Crippen LogP) is 5.15. The maximum atomic E-state index is 12.8. The molecule has 0 bridgehead atoms. The van der Waals surface area contributed by atoms with Crippen molar-refractivity contribution in [1.82, 2.24) is 4.98 Å². The Bertz CT molecular complexity index is 902. The van der Waals surface area contributed by atoms with E-state index in [0.717, 1.165) is 23.1 Å². The fraction of sp³-hybridized carbons (Fsp3) is 0.190. The van der Waals surface area contributed by atoms with Gasteiger partial charge in [0.1, 0.15) is 5.71 Å². The van der Waals surface area contributed by atoms with Crippen LogP contribution >= 0.6 is 0 Å². The van der Waals surface area contributed by atoms with Crippen LogP contribution in [0, 0.1) is 0 Å². The first-order chi connectivity index (χ1) is 13.0. The van der Waals surface area contributed by atoms with Gasteiger partial charge in [-0.1, -0.05) is 30.3 Å². The van der Waals surface area contributed by atoms with Crippen LogP contribution in [-0.2, 0) is 4.79 Å². The molecular weight excluding hydrogens is 350 g/mol. The van der Waals surface area contributed by atoms with Gasteiger partial charge in [0.15, 0.2) is 0 Å². The minimum absolute atomic E-state index is 0.0601. The molecule has 1 aromatic heterocycles. The van der Waals surface area contributed by atoms with E-state index in [1.807, 2.05) is 12.1 Å². The smallest absolute Gasteiger partial charge is 0.354 e. The summed E-state index contributed by atoms with van der Waals surface area (Å²) in [4.78, 5) is 20.1. The topological polar surface area (TPSA) is 62.5 Å². The Kier molecular flexibility index (Phi) is 5.86. The van der Waals surface area contributed by atoms with Gasteiger partial charge >= 0.3 is 5.97 Å². The lowest BCUT2D eigenvalue weighted by Crippen LogP contribution is -2.11. The Morgan fingerprint density at radius 2 is 1.89 bits per heavy atom. The predicted molar refractivity (Wildman–Crippen MR) is 101 cm³/mol. The summed E-state index contributed by atoms with van der Waals surface area (Å²) in [7, 11) is 0. The van der Waals surface area contributed by atoms with Crippen LogP contribution < -0.4 is 0 Å². The minimum atomic E-state index is -2.53. The fourth-order valence-electron chi connectivity index (χ4n) is 2.85. The molecule has 1 aromatic carbocycles. The summed E-state index contributed by atoms with van der Waals surface area (Å²) in [6, 6.07) is 9.52. The van der Waals surface area contributed by atoms with Crippen LogP contribution in [0.15, 0.2) is 65.9 Å². The second kappa shape index (κ2) is 8.49. The van der Waals surface area contributed by atoms with Crippen molar-refractivity contribution in [3.8, 4) is 0 Å². The fourth-order valence-corrected chi connectivity index (χ4v) is 2.85. The molecule has 0 spiro atoms. The van der Waals surface area contributed by atoms with E-state index in [0.29, 0.717) is 18.5 Å². The molecule has 0 aliphatic carbocycles.